The molecule has 18 heavy (non-hydrogen) atoms. The molecule has 3 nitrogen and oxygen atoms in total. The molecule has 0 bridgehead atoms. The van der Waals surface area contributed by atoms with Gasteiger partial charge in [0.15, 0.2) is 0 Å². The molecule has 0 saturated heterocycles. The molecule has 0 aliphatic rings. The Kier molecular flexibility index (Phi) is 2.45. The van der Waals surface area contributed by atoms with Gasteiger partial charge < -0.3 is 5.73 Å². The summed E-state index contributed by atoms with van der Waals surface area (Å²) >= 11 is 0. The van der Waals surface area contributed by atoms with Crippen LogP contribution in [0.3, 0.4) is 0 Å². The van der Waals surface area contributed by atoms with Crippen LogP contribution in [-0.2, 0) is 0 Å². The van der Waals surface area contributed by atoms with E-state index in [4.69, 9.17) is 5.73 Å². The van der Waals surface area contributed by atoms with E-state index in [1.165, 1.54) is 0 Å². The molecular formula is C15H13N3. The standard InChI is InChI=1S/C15H13N3/c1-10-7-9-18-15(16)14(10)12-4-2-6-13-11(12)5-3-8-17-13/h2-9H,1H3,(H2,16,18). The van der Waals surface area contributed by atoms with E-state index >= 15 is 0 Å². The van der Waals surface area contributed by atoms with Crippen molar-refractivity contribution in [2.24, 2.45) is 0 Å². The molecule has 0 radical (unpaired) electrons. The van der Waals surface area contributed by atoms with E-state index in [0.29, 0.717) is 5.82 Å². The fourth-order valence-corrected chi connectivity index (χ4v) is 2.25. The first-order valence-electron chi connectivity index (χ1n) is 5.82. The number of nitrogens with zero attached hydrogens (tertiary/aromatic N) is 2. The van der Waals surface area contributed by atoms with Crippen molar-refractivity contribution in [1.82, 2.24) is 9.97 Å². The lowest BCUT2D eigenvalue weighted by Crippen LogP contribution is -1.96. The molecule has 0 aliphatic carbocycles. The van der Waals surface area contributed by atoms with Gasteiger partial charge in [-0.2, -0.15) is 0 Å². The third kappa shape index (κ3) is 1.61. The topological polar surface area (TPSA) is 51.8 Å². The Morgan fingerprint density at radius 3 is 2.67 bits per heavy atom. The number of nitrogens with two attached hydrogens (primary N) is 1. The number of aryl methyl sites for hydroxylation is 1. The Morgan fingerprint density at radius 2 is 1.83 bits per heavy atom. The predicted octanol–water partition coefficient (Wildman–Crippen LogP) is 3.19. The van der Waals surface area contributed by atoms with Crippen LogP contribution in [0.15, 0.2) is 48.8 Å². The summed E-state index contributed by atoms with van der Waals surface area (Å²) in [5.74, 6) is 0.561. The summed E-state index contributed by atoms with van der Waals surface area (Å²) in [6.45, 7) is 2.04. The first-order valence-corrected chi connectivity index (χ1v) is 5.82. The fourth-order valence-electron chi connectivity index (χ4n) is 2.25. The third-order valence-electron chi connectivity index (χ3n) is 3.10. The van der Waals surface area contributed by atoms with E-state index in [1.54, 1.807) is 12.4 Å². The van der Waals surface area contributed by atoms with Gasteiger partial charge in [-0.05, 0) is 36.2 Å². The van der Waals surface area contributed by atoms with Gasteiger partial charge in [0.2, 0.25) is 0 Å². The number of hydrogen-bond donors (Lipinski definition) is 1. The second-order valence-electron chi connectivity index (χ2n) is 4.26. The average Bonchev–Trinajstić information content (AvgIpc) is 2.39. The Hall–Kier alpha value is -2.42. The van der Waals surface area contributed by atoms with Crippen LogP contribution in [0.5, 0.6) is 0 Å². The van der Waals surface area contributed by atoms with E-state index in [-0.39, 0.29) is 0 Å². The SMILES string of the molecule is Cc1ccnc(N)c1-c1cccc2ncccc12. The summed E-state index contributed by atoms with van der Waals surface area (Å²) in [5.41, 5.74) is 10.2. The van der Waals surface area contributed by atoms with Gasteiger partial charge >= 0.3 is 0 Å². The highest BCUT2D eigenvalue weighted by atomic mass is 14.8. The molecule has 3 rings (SSSR count). The normalized spacial score (nSPS) is 10.7. The molecule has 3 aromatic rings. The van der Waals surface area contributed by atoms with E-state index in [1.807, 2.05) is 31.2 Å². The van der Waals surface area contributed by atoms with Gasteiger partial charge in [0, 0.05) is 23.3 Å². The van der Waals surface area contributed by atoms with Crippen molar-refractivity contribution >= 4 is 16.7 Å². The van der Waals surface area contributed by atoms with E-state index in [0.717, 1.165) is 27.6 Å². The van der Waals surface area contributed by atoms with Crippen LogP contribution in [0.1, 0.15) is 5.56 Å². The van der Waals surface area contributed by atoms with Crippen molar-refractivity contribution in [3.8, 4) is 11.1 Å². The second kappa shape index (κ2) is 4.11. The van der Waals surface area contributed by atoms with Crippen molar-refractivity contribution in [1.29, 1.82) is 0 Å². The fraction of sp³-hybridized carbons (Fsp3) is 0.0667. The van der Waals surface area contributed by atoms with Crippen LogP contribution in [0, 0.1) is 6.92 Å². The number of aromatic nitrogens is 2. The molecule has 1 aromatic carbocycles. The van der Waals surface area contributed by atoms with Crippen LogP contribution in [-0.4, -0.2) is 9.97 Å². The first kappa shape index (κ1) is 10.7. The van der Waals surface area contributed by atoms with Crippen LogP contribution in [0.2, 0.25) is 0 Å². The van der Waals surface area contributed by atoms with Crippen molar-refractivity contribution in [2.75, 3.05) is 5.73 Å². The highest BCUT2D eigenvalue weighted by Gasteiger charge is 2.10. The maximum absolute atomic E-state index is 6.01. The number of anilines is 1. The summed E-state index contributed by atoms with van der Waals surface area (Å²) in [6, 6.07) is 12.0. The number of pyridine rings is 2. The molecule has 2 N–H and O–H groups in total. The molecule has 0 aliphatic heterocycles. The molecular weight excluding hydrogens is 222 g/mol. The van der Waals surface area contributed by atoms with E-state index in [9.17, 15) is 0 Å². The zero-order chi connectivity index (χ0) is 12.5. The Morgan fingerprint density at radius 1 is 0.944 bits per heavy atom. The lowest BCUT2D eigenvalue weighted by atomic mass is 9.98. The minimum absolute atomic E-state index is 0.561. The van der Waals surface area contributed by atoms with Crippen molar-refractivity contribution in [3.05, 3.63) is 54.4 Å². The lowest BCUT2D eigenvalue weighted by Gasteiger charge is -2.11. The van der Waals surface area contributed by atoms with Gasteiger partial charge in [-0.25, -0.2) is 4.98 Å². The second-order valence-corrected chi connectivity index (χ2v) is 4.26. The number of rotatable bonds is 1. The van der Waals surface area contributed by atoms with Gasteiger partial charge in [-0.3, -0.25) is 4.98 Å². The first-order chi connectivity index (χ1) is 8.77. The molecule has 0 saturated carbocycles. The van der Waals surface area contributed by atoms with Gasteiger partial charge in [-0.15, -0.1) is 0 Å². The number of benzene rings is 1. The summed E-state index contributed by atoms with van der Waals surface area (Å²) < 4.78 is 0. The molecule has 0 amide bonds. The number of nitrogen functional groups attached to an aromatic ring is 1. The third-order valence-corrected chi connectivity index (χ3v) is 3.10. The highest BCUT2D eigenvalue weighted by Crippen LogP contribution is 2.32. The summed E-state index contributed by atoms with van der Waals surface area (Å²) in [5, 5.41) is 1.10. The molecule has 2 aromatic heterocycles. The lowest BCUT2D eigenvalue weighted by molar-refractivity contribution is 1.30. The van der Waals surface area contributed by atoms with Gasteiger partial charge in [-0.1, -0.05) is 18.2 Å². The number of hydrogen-bond acceptors (Lipinski definition) is 3. The van der Waals surface area contributed by atoms with E-state index in [2.05, 4.69) is 22.1 Å². The number of fused-ring (bicyclic) bond motifs is 1. The Balaban J connectivity index is 2.39. The maximum atomic E-state index is 6.01. The molecule has 3 heteroatoms. The molecule has 88 valence electrons. The van der Waals surface area contributed by atoms with Gasteiger partial charge in [0.1, 0.15) is 5.82 Å². The smallest absolute Gasteiger partial charge is 0.131 e. The molecule has 0 spiro atoms. The highest BCUT2D eigenvalue weighted by molar-refractivity contribution is 5.97. The minimum atomic E-state index is 0.561. The monoisotopic (exact) mass is 235 g/mol. The molecule has 0 unspecified atom stereocenters. The van der Waals surface area contributed by atoms with Crippen LogP contribution in [0.4, 0.5) is 5.82 Å². The quantitative estimate of drug-likeness (QED) is 0.704. The zero-order valence-electron chi connectivity index (χ0n) is 10.1. The zero-order valence-corrected chi connectivity index (χ0v) is 10.1. The maximum Gasteiger partial charge on any atom is 0.131 e. The van der Waals surface area contributed by atoms with Crippen molar-refractivity contribution in [2.45, 2.75) is 6.92 Å². The largest absolute Gasteiger partial charge is 0.383 e. The molecule has 0 fully saturated rings. The summed E-state index contributed by atoms with van der Waals surface area (Å²) in [6.07, 6.45) is 3.53. The van der Waals surface area contributed by atoms with Crippen LogP contribution >= 0.6 is 0 Å². The van der Waals surface area contributed by atoms with Crippen molar-refractivity contribution < 1.29 is 0 Å². The van der Waals surface area contributed by atoms with Crippen LogP contribution in [0.25, 0.3) is 22.0 Å². The Bertz CT molecular complexity index is 694. The minimum Gasteiger partial charge on any atom is -0.383 e. The summed E-state index contributed by atoms with van der Waals surface area (Å²) in [4.78, 5) is 8.55. The molecule has 2 heterocycles. The van der Waals surface area contributed by atoms with Crippen molar-refractivity contribution in [3.63, 3.8) is 0 Å². The summed E-state index contributed by atoms with van der Waals surface area (Å²) in [7, 11) is 0. The van der Waals surface area contributed by atoms with E-state index < -0.39 is 0 Å². The predicted molar refractivity (Wildman–Crippen MR) is 74.1 cm³/mol. The average molecular weight is 235 g/mol. The Labute approximate surface area is 105 Å². The molecule has 0 atom stereocenters. The van der Waals surface area contributed by atoms with Crippen LogP contribution < -0.4 is 5.73 Å². The van der Waals surface area contributed by atoms with Gasteiger partial charge in [0.25, 0.3) is 0 Å². The van der Waals surface area contributed by atoms with Gasteiger partial charge in [0.05, 0.1) is 5.52 Å².